The van der Waals surface area contributed by atoms with Gasteiger partial charge in [-0.05, 0) is 6.92 Å². The van der Waals surface area contributed by atoms with Crippen LogP contribution < -0.4 is 16.0 Å². The number of nitrogens with one attached hydrogen (secondary N) is 3. The van der Waals surface area contributed by atoms with E-state index in [1.165, 1.54) is 6.20 Å². The van der Waals surface area contributed by atoms with E-state index in [2.05, 4.69) is 20.7 Å². The van der Waals surface area contributed by atoms with Gasteiger partial charge in [-0.1, -0.05) is 0 Å². The van der Waals surface area contributed by atoms with Crippen LogP contribution in [-0.4, -0.2) is 49.3 Å². The van der Waals surface area contributed by atoms with E-state index in [4.69, 9.17) is 10.4 Å². The van der Waals surface area contributed by atoms with Gasteiger partial charge in [-0.15, -0.1) is 0 Å². The van der Waals surface area contributed by atoms with Crippen LogP contribution in [0.3, 0.4) is 0 Å². The lowest BCUT2D eigenvalue weighted by atomic mass is 10.3. The second-order valence-electron chi connectivity index (χ2n) is 3.67. The van der Waals surface area contributed by atoms with Gasteiger partial charge in [0.05, 0.1) is 13.0 Å². The lowest BCUT2D eigenvalue weighted by Gasteiger charge is -2.06. The maximum absolute atomic E-state index is 11.5. The Bertz CT molecular complexity index is 441. The molecule has 0 radical (unpaired) electrons. The molecule has 9 nitrogen and oxygen atoms in total. The van der Waals surface area contributed by atoms with Gasteiger partial charge in [-0.2, -0.15) is 5.26 Å². The van der Waals surface area contributed by atoms with Crippen molar-refractivity contribution in [1.29, 1.82) is 5.26 Å². The topological polar surface area (TPSA) is 141 Å². The normalized spacial score (nSPS) is 10.2. The van der Waals surface area contributed by atoms with E-state index in [0.717, 1.165) is 0 Å². The van der Waals surface area contributed by atoms with E-state index in [1.54, 1.807) is 13.0 Å². The number of ether oxygens (including phenoxy) is 1. The Labute approximate surface area is 121 Å². The van der Waals surface area contributed by atoms with E-state index >= 15 is 0 Å². The van der Waals surface area contributed by atoms with Crippen LogP contribution in [0.5, 0.6) is 0 Å². The summed E-state index contributed by atoms with van der Waals surface area (Å²) < 4.78 is 4.63. The molecule has 0 aromatic heterocycles. The second-order valence-corrected chi connectivity index (χ2v) is 3.67. The molecule has 0 fully saturated rings. The van der Waals surface area contributed by atoms with E-state index in [0.29, 0.717) is 6.54 Å². The average Bonchev–Trinajstić information content (AvgIpc) is 2.42. The fourth-order valence-corrected chi connectivity index (χ4v) is 1.12. The van der Waals surface area contributed by atoms with Crippen LogP contribution in [0.4, 0.5) is 4.79 Å². The summed E-state index contributed by atoms with van der Waals surface area (Å²) in [7, 11) is 0. The molecule has 0 aromatic rings. The largest absolute Gasteiger partial charge is 0.481 e. The summed E-state index contributed by atoms with van der Waals surface area (Å²) in [6.45, 7) is 2.45. The second kappa shape index (κ2) is 11.1. The summed E-state index contributed by atoms with van der Waals surface area (Å²) in [6, 6.07) is 1.69. The molecule has 0 unspecified atom stereocenters. The van der Waals surface area contributed by atoms with Gasteiger partial charge in [0, 0.05) is 25.8 Å². The Morgan fingerprint density at radius 2 is 1.95 bits per heavy atom. The highest BCUT2D eigenvalue weighted by Crippen LogP contribution is 1.90. The van der Waals surface area contributed by atoms with Crippen molar-refractivity contribution in [1.82, 2.24) is 16.0 Å². The van der Waals surface area contributed by atoms with Crippen LogP contribution >= 0.6 is 0 Å². The van der Waals surface area contributed by atoms with Crippen molar-refractivity contribution >= 4 is 18.0 Å². The highest BCUT2D eigenvalue weighted by molar-refractivity contribution is 5.97. The quantitative estimate of drug-likeness (QED) is 0.251. The molecule has 4 N–H and O–H groups in total. The predicted molar refractivity (Wildman–Crippen MR) is 72.0 cm³/mol. The minimum Gasteiger partial charge on any atom is -0.481 e. The predicted octanol–water partition coefficient (Wildman–Crippen LogP) is -0.680. The molecule has 2 amide bonds. The van der Waals surface area contributed by atoms with E-state index in [9.17, 15) is 14.4 Å². The molecule has 0 aliphatic carbocycles. The molecule has 0 aliphatic heterocycles. The smallest absolute Gasteiger partial charge is 0.407 e. The summed E-state index contributed by atoms with van der Waals surface area (Å²) in [5.74, 6) is -1.70. The number of carbonyl (C=O) groups excluding carboxylic acids is 2. The first-order chi connectivity index (χ1) is 10.0. The molecule has 0 bridgehead atoms. The number of amides is 2. The molecular weight excluding hydrogens is 280 g/mol. The third kappa shape index (κ3) is 9.77. The van der Waals surface area contributed by atoms with Gasteiger partial charge in [0.1, 0.15) is 11.6 Å². The molecule has 0 rings (SSSR count). The Morgan fingerprint density at radius 1 is 1.24 bits per heavy atom. The molecule has 116 valence electrons. The van der Waals surface area contributed by atoms with Crippen LogP contribution in [0.1, 0.15) is 13.3 Å². The number of rotatable bonds is 9. The van der Waals surface area contributed by atoms with Crippen LogP contribution in [-0.2, 0) is 14.3 Å². The van der Waals surface area contributed by atoms with Crippen LogP contribution in [0.15, 0.2) is 11.8 Å². The minimum atomic E-state index is -1.04. The van der Waals surface area contributed by atoms with E-state index in [-0.39, 0.29) is 31.7 Å². The van der Waals surface area contributed by atoms with Gasteiger partial charge in [-0.25, -0.2) is 4.79 Å². The third-order valence-electron chi connectivity index (χ3n) is 2.05. The van der Waals surface area contributed by atoms with Gasteiger partial charge >= 0.3 is 12.1 Å². The number of carboxylic acids is 1. The number of carboxylic acid groups (broad SMARTS) is 1. The summed E-state index contributed by atoms with van der Waals surface area (Å²) in [4.78, 5) is 32.7. The maximum Gasteiger partial charge on any atom is 0.407 e. The van der Waals surface area contributed by atoms with Crippen LogP contribution in [0.2, 0.25) is 0 Å². The van der Waals surface area contributed by atoms with Gasteiger partial charge in [0.2, 0.25) is 0 Å². The lowest BCUT2D eigenvalue weighted by molar-refractivity contribution is -0.136. The molecule has 0 saturated heterocycles. The number of hydrogen-bond acceptors (Lipinski definition) is 6. The highest BCUT2D eigenvalue weighted by atomic mass is 16.5. The summed E-state index contributed by atoms with van der Waals surface area (Å²) in [6.07, 6.45) is 0.430. The third-order valence-corrected chi connectivity index (χ3v) is 2.05. The Balaban J connectivity index is 4.00. The van der Waals surface area contributed by atoms with Crippen molar-refractivity contribution in [3.05, 3.63) is 11.8 Å². The molecule has 0 heterocycles. The molecule has 0 atom stereocenters. The van der Waals surface area contributed by atoms with Crippen molar-refractivity contribution < 1.29 is 24.2 Å². The van der Waals surface area contributed by atoms with Gasteiger partial charge in [0.15, 0.2) is 0 Å². The van der Waals surface area contributed by atoms with E-state index < -0.39 is 18.0 Å². The lowest BCUT2D eigenvalue weighted by Crippen LogP contribution is -2.31. The summed E-state index contributed by atoms with van der Waals surface area (Å²) >= 11 is 0. The SMILES string of the molecule is CCOC(=O)NCCN/C=C(/C#N)C(=O)NCCC(=O)O. The summed E-state index contributed by atoms with van der Waals surface area (Å²) in [5.41, 5.74) is -0.184. The van der Waals surface area contributed by atoms with Crippen molar-refractivity contribution in [3.63, 3.8) is 0 Å². The number of carbonyl (C=O) groups is 3. The molecule has 21 heavy (non-hydrogen) atoms. The van der Waals surface area contributed by atoms with Crippen molar-refractivity contribution in [2.45, 2.75) is 13.3 Å². The Morgan fingerprint density at radius 3 is 2.52 bits per heavy atom. The zero-order valence-electron chi connectivity index (χ0n) is 11.6. The van der Waals surface area contributed by atoms with Crippen molar-refractivity contribution in [2.24, 2.45) is 0 Å². The van der Waals surface area contributed by atoms with Crippen molar-refractivity contribution in [2.75, 3.05) is 26.2 Å². The number of alkyl carbamates (subject to hydrolysis) is 1. The molecule has 0 aromatic carbocycles. The minimum absolute atomic E-state index is 0.0579. The average molecular weight is 298 g/mol. The number of hydrogen-bond donors (Lipinski definition) is 4. The van der Waals surface area contributed by atoms with Gasteiger partial charge < -0.3 is 25.8 Å². The van der Waals surface area contributed by atoms with Gasteiger partial charge in [0.25, 0.3) is 5.91 Å². The fourth-order valence-electron chi connectivity index (χ4n) is 1.12. The van der Waals surface area contributed by atoms with E-state index in [1.807, 2.05) is 0 Å². The number of nitrogens with zero attached hydrogens (tertiary/aromatic N) is 1. The number of aliphatic carboxylic acids is 1. The zero-order valence-corrected chi connectivity index (χ0v) is 11.6. The van der Waals surface area contributed by atoms with Crippen LogP contribution in [0, 0.1) is 11.3 Å². The first-order valence-electron chi connectivity index (χ1n) is 6.25. The van der Waals surface area contributed by atoms with Crippen molar-refractivity contribution in [3.8, 4) is 6.07 Å². The first kappa shape index (κ1) is 18.2. The molecule has 0 aliphatic rings. The standard InChI is InChI=1S/C12H18N4O5/c1-2-21-12(20)16-6-5-14-8-9(7-13)11(19)15-4-3-10(17)18/h8,14H,2-6H2,1H3,(H,15,19)(H,16,20)(H,17,18)/b9-8-. The first-order valence-corrected chi connectivity index (χ1v) is 6.25. The molecular formula is C12H18N4O5. The number of nitriles is 1. The molecule has 9 heteroatoms. The monoisotopic (exact) mass is 298 g/mol. The molecule has 0 saturated carbocycles. The van der Waals surface area contributed by atoms with Crippen LogP contribution in [0.25, 0.3) is 0 Å². The Kier molecular flexibility index (Phi) is 9.64. The van der Waals surface area contributed by atoms with Gasteiger partial charge in [-0.3, -0.25) is 9.59 Å². The molecule has 0 spiro atoms. The Hall–Kier alpha value is -2.76. The maximum atomic E-state index is 11.5. The summed E-state index contributed by atoms with van der Waals surface area (Å²) in [5, 5.41) is 24.6. The fraction of sp³-hybridized carbons (Fsp3) is 0.500. The highest BCUT2D eigenvalue weighted by Gasteiger charge is 2.08. The zero-order chi connectivity index (χ0) is 16.1.